The minimum absolute atomic E-state index is 0.00743. The highest BCUT2D eigenvalue weighted by Crippen LogP contribution is 2.38. The molecule has 3 atom stereocenters. The Balaban J connectivity index is 1.39. The van der Waals surface area contributed by atoms with Crippen molar-refractivity contribution in [3.8, 4) is 0 Å². The van der Waals surface area contributed by atoms with Crippen molar-refractivity contribution in [3.05, 3.63) is 113 Å². The molecule has 0 fully saturated rings. The van der Waals surface area contributed by atoms with Crippen LogP contribution in [0.5, 0.6) is 0 Å². The van der Waals surface area contributed by atoms with Crippen LogP contribution in [-0.2, 0) is 22.4 Å². The van der Waals surface area contributed by atoms with E-state index in [-0.39, 0.29) is 24.7 Å². The van der Waals surface area contributed by atoms with Crippen LogP contribution in [0.1, 0.15) is 29.9 Å². The molecule has 5 aromatic rings. The Kier molecular flexibility index (Phi) is 7.14. The first kappa shape index (κ1) is 24.9. The number of benzene rings is 3. The number of aromatic amines is 1. The number of anilines is 1. The van der Waals surface area contributed by atoms with Crippen molar-refractivity contribution in [1.29, 1.82) is 0 Å². The molecule has 3 unspecified atom stereocenters. The quantitative estimate of drug-likeness (QED) is 0.232. The molecule has 0 saturated carbocycles. The van der Waals surface area contributed by atoms with E-state index in [0.717, 1.165) is 34.5 Å². The van der Waals surface area contributed by atoms with E-state index in [1.165, 1.54) is 5.56 Å². The summed E-state index contributed by atoms with van der Waals surface area (Å²) < 4.78 is 13.2. The first-order valence-electron chi connectivity index (χ1n) is 12.8. The van der Waals surface area contributed by atoms with Crippen molar-refractivity contribution in [3.63, 3.8) is 0 Å². The normalized spacial score (nSPS) is 15.3. The van der Waals surface area contributed by atoms with E-state index >= 15 is 0 Å². The minimum Gasteiger partial charge on any atom is -0.462 e. The van der Waals surface area contributed by atoms with E-state index < -0.39 is 0 Å². The number of tetrazole rings is 1. The van der Waals surface area contributed by atoms with Crippen LogP contribution in [0.4, 0.5) is 5.69 Å². The zero-order valence-corrected chi connectivity index (χ0v) is 22.1. The number of fused-ring (bicyclic) bond motifs is 1. The van der Waals surface area contributed by atoms with E-state index in [1.807, 2.05) is 53.2 Å². The number of aromatic nitrogens is 6. The largest absolute Gasteiger partial charge is 0.462 e. The van der Waals surface area contributed by atoms with Crippen molar-refractivity contribution >= 4 is 28.3 Å². The van der Waals surface area contributed by atoms with Gasteiger partial charge in [-0.3, -0.25) is 0 Å². The number of rotatable bonds is 10. The molecule has 0 spiro atoms. The SMILES string of the molecule is CC(C(Cc1ccccc1)C1=COCO1)C(Nc1ccc2[nH]cnc2c1)c1nnnn1Cc1ccccc1Cl. The summed E-state index contributed by atoms with van der Waals surface area (Å²) in [6, 6.07) is 23.9. The standard InChI is InChI=1S/C29H28ClN7O2/c1-19(23(27-16-38-18-39-27)13-20-7-3-2-4-8-20)28(33-22-11-12-25-26(14-22)32-17-31-25)29-34-35-36-37(29)15-21-9-5-6-10-24(21)30/h2-12,14,16-17,19,23,28,33H,13,15,18H2,1H3,(H,31,32). The second kappa shape index (κ2) is 11.2. The summed E-state index contributed by atoms with van der Waals surface area (Å²) in [7, 11) is 0. The smallest absolute Gasteiger partial charge is 0.229 e. The van der Waals surface area contributed by atoms with Gasteiger partial charge >= 0.3 is 0 Å². The molecule has 1 aliphatic heterocycles. The highest BCUT2D eigenvalue weighted by molar-refractivity contribution is 6.31. The fraction of sp³-hybridized carbons (Fsp3) is 0.241. The topological polar surface area (TPSA) is 103 Å². The molecule has 1 aliphatic rings. The average molecular weight is 542 g/mol. The third kappa shape index (κ3) is 5.44. The number of nitrogens with zero attached hydrogens (tertiary/aromatic N) is 5. The van der Waals surface area contributed by atoms with Gasteiger partial charge in [-0.05, 0) is 58.2 Å². The van der Waals surface area contributed by atoms with Gasteiger partial charge in [0.25, 0.3) is 0 Å². The summed E-state index contributed by atoms with van der Waals surface area (Å²) >= 11 is 6.49. The number of allylic oxidation sites excluding steroid dienone is 1. The van der Waals surface area contributed by atoms with Crippen LogP contribution in [0, 0.1) is 11.8 Å². The second-order valence-corrected chi connectivity index (χ2v) is 10.1. The molecule has 2 aromatic heterocycles. The lowest BCUT2D eigenvalue weighted by molar-refractivity contribution is 0.0641. The lowest BCUT2D eigenvalue weighted by Gasteiger charge is -2.31. The molecular weight excluding hydrogens is 514 g/mol. The number of H-pyrrole nitrogens is 1. The fourth-order valence-electron chi connectivity index (χ4n) is 5.06. The lowest BCUT2D eigenvalue weighted by Crippen LogP contribution is -2.31. The van der Waals surface area contributed by atoms with E-state index in [9.17, 15) is 0 Å². The molecule has 0 amide bonds. The molecule has 0 aliphatic carbocycles. The number of hydrogen-bond acceptors (Lipinski definition) is 7. The first-order chi connectivity index (χ1) is 19.2. The molecule has 2 N–H and O–H groups in total. The molecule has 39 heavy (non-hydrogen) atoms. The average Bonchev–Trinajstić information content (AvgIpc) is 3.74. The summed E-state index contributed by atoms with van der Waals surface area (Å²) in [5.41, 5.74) is 4.90. The highest BCUT2D eigenvalue weighted by atomic mass is 35.5. The van der Waals surface area contributed by atoms with Crippen LogP contribution in [0.15, 0.2) is 91.1 Å². The monoisotopic (exact) mass is 541 g/mol. The molecule has 3 aromatic carbocycles. The zero-order valence-electron chi connectivity index (χ0n) is 21.4. The summed E-state index contributed by atoms with van der Waals surface area (Å²) in [5, 5.41) is 17.3. The van der Waals surface area contributed by atoms with Gasteiger partial charge in [0.2, 0.25) is 6.79 Å². The third-order valence-electron chi connectivity index (χ3n) is 7.18. The number of halogens is 1. The molecule has 9 nitrogen and oxygen atoms in total. The maximum atomic E-state index is 6.49. The summed E-state index contributed by atoms with van der Waals surface area (Å²) in [4.78, 5) is 7.58. The van der Waals surface area contributed by atoms with Gasteiger partial charge in [0.15, 0.2) is 5.82 Å². The molecule has 3 heterocycles. The van der Waals surface area contributed by atoms with Gasteiger partial charge < -0.3 is 19.8 Å². The fourth-order valence-corrected chi connectivity index (χ4v) is 5.26. The van der Waals surface area contributed by atoms with Crippen molar-refractivity contribution in [2.75, 3.05) is 12.1 Å². The van der Waals surface area contributed by atoms with Gasteiger partial charge in [-0.25, -0.2) is 9.67 Å². The van der Waals surface area contributed by atoms with E-state index in [1.54, 1.807) is 12.6 Å². The van der Waals surface area contributed by atoms with E-state index in [2.05, 4.69) is 62.0 Å². The Bertz CT molecular complexity index is 1580. The van der Waals surface area contributed by atoms with E-state index in [0.29, 0.717) is 17.4 Å². The molecule has 0 bridgehead atoms. The minimum atomic E-state index is -0.280. The Morgan fingerprint density at radius 2 is 1.92 bits per heavy atom. The van der Waals surface area contributed by atoms with Crippen LogP contribution in [0.2, 0.25) is 5.02 Å². The number of nitrogens with one attached hydrogen (secondary N) is 2. The molecule has 0 saturated heterocycles. The van der Waals surface area contributed by atoms with Gasteiger partial charge in [-0.2, -0.15) is 0 Å². The van der Waals surface area contributed by atoms with Crippen LogP contribution in [0.3, 0.4) is 0 Å². The van der Waals surface area contributed by atoms with Crippen LogP contribution in [-0.4, -0.2) is 37.0 Å². The lowest BCUT2D eigenvalue weighted by atomic mass is 9.81. The zero-order chi connectivity index (χ0) is 26.6. The van der Waals surface area contributed by atoms with Crippen molar-refractivity contribution in [2.45, 2.75) is 25.9 Å². The molecule has 6 rings (SSSR count). The number of imidazole rings is 1. The Labute approximate surface area is 230 Å². The van der Waals surface area contributed by atoms with Crippen molar-refractivity contribution in [2.24, 2.45) is 11.8 Å². The molecule has 198 valence electrons. The van der Waals surface area contributed by atoms with Crippen molar-refractivity contribution in [1.82, 2.24) is 30.2 Å². The maximum Gasteiger partial charge on any atom is 0.229 e. The Morgan fingerprint density at radius 1 is 1.08 bits per heavy atom. The van der Waals surface area contributed by atoms with Gasteiger partial charge in [-0.15, -0.1) is 5.10 Å². The van der Waals surface area contributed by atoms with Crippen molar-refractivity contribution < 1.29 is 9.47 Å². The first-order valence-corrected chi connectivity index (χ1v) is 13.2. The highest BCUT2D eigenvalue weighted by Gasteiger charge is 2.35. The predicted octanol–water partition coefficient (Wildman–Crippen LogP) is 5.75. The molecular formula is C29H28ClN7O2. The third-order valence-corrected chi connectivity index (χ3v) is 7.55. The number of hydrogen-bond donors (Lipinski definition) is 2. The number of ether oxygens (including phenoxy) is 2. The second-order valence-electron chi connectivity index (χ2n) is 9.65. The van der Waals surface area contributed by atoms with Crippen LogP contribution in [0.25, 0.3) is 11.0 Å². The van der Waals surface area contributed by atoms with Gasteiger partial charge in [0.05, 0.1) is 29.9 Å². The molecule has 10 heteroatoms. The maximum absolute atomic E-state index is 6.49. The summed E-state index contributed by atoms with van der Waals surface area (Å²) in [6.45, 7) is 2.85. The van der Waals surface area contributed by atoms with Crippen LogP contribution < -0.4 is 5.32 Å². The van der Waals surface area contributed by atoms with E-state index in [4.69, 9.17) is 21.1 Å². The predicted molar refractivity (Wildman–Crippen MR) is 149 cm³/mol. The Morgan fingerprint density at radius 3 is 2.74 bits per heavy atom. The summed E-state index contributed by atoms with van der Waals surface area (Å²) in [6.07, 6.45) is 4.18. The van der Waals surface area contributed by atoms with Gasteiger partial charge in [0.1, 0.15) is 12.0 Å². The summed E-state index contributed by atoms with van der Waals surface area (Å²) in [5.74, 6) is 1.49. The molecule has 0 radical (unpaired) electrons. The Hall–Kier alpha value is -4.37. The van der Waals surface area contributed by atoms with Gasteiger partial charge in [-0.1, -0.05) is 67.1 Å². The van der Waals surface area contributed by atoms with Crippen LogP contribution >= 0.6 is 11.6 Å². The van der Waals surface area contributed by atoms with Gasteiger partial charge in [0, 0.05) is 16.6 Å².